The van der Waals surface area contributed by atoms with Gasteiger partial charge in [0.1, 0.15) is 0 Å². The lowest BCUT2D eigenvalue weighted by molar-refractivity contribution is 0.345. The van der Waals surface area contributed by atoms with Crippen LogP contribution in [-0.2, 0) is 24.7 Å². The molecule has 2 rings (SSSR count). The summed E-state index contributed by atoms with van der Waals surface area (Å²) in [6.45, 7) is 36.0. The summed E-state index contributed by atoms with van der Waals surface area (Å²) < 4.78 is 38.4. The summed E-state index contributed by atoms with van der Waals surface area (Å²) in [6.07, 6.45) is 0. The van der Waals surface area contributed by atoms with E-state index in [4.69, 9.17) is 24.7 Å². The summed E-state index contributed by atoms with van der Waals surface area (Å²) in [5, 5.41) is 2.19. The SMILES string of the molecule is C=C[Si](C)(C)O[Si](C)(C)O[Si](O[Si](C)(C)C=C)(c1ccccc1)c1ccccc1.C[SiH](C)O[SiH](C)O[Si](C)(C)O[SiH](C)C. The van der Waals surface area contributed by atoms with Crippen molar-refractivity contribution in [3.63, 3.8) is 0 Å². The van der Waals surface area contributed by atoms with E-state index in [2.05, 4.69) is 123 Å². The van der Waals surface area contributed by atoms with Crippen LogP contribution >= 0.6 is 0 Å². The molecule has 14 heteroatoms. The zero-order valence-corrected chi connectivity index (χ0v) is 37.5. The van der Waals surface area contributed by atoms with Crippen LogP contribution in [0.25, 0.3) is 0 Å². The van der Waals surface area contributed by atoms with Crippen LogP contribution in [0.3, 0.4) is 0 Å². The molecule has 0 heterocycles. The molecule has 2 aromatic carbocycles. The third-order valence-electron chi connectivity index (χ3n) is 6.03. The van der Waals surface area contributed by atoms with Gasteiger partial charge in [-0.3, -0.25) is 0 Å². The molecule has 2 aromatic rings. The van der Waals surface area contributed by atoms with Crippen LogP contribution < -0.4 is 10.4 Å². The zero-order valence-electron chi connectivity index (χ0n) is 29.0. The highest BCUT2D eigenvalue weighted by Gasteiger charge is 2.51. The third kappa shape index (κ3) is 15.0. The molecule has 0 saturated heterocycles. The minimum atomic E-state index is -3.04. The molecule has 0 saturated carbocycles. The van der Waals surface area contributed by atoms with Gasteiger partial charge in [0, 0.05) is 0 Å². The molecule has 0 bridgehead atoms. The minimum absolute atomic E-state index is 0.939. The van der Waals surface area contributed by atoms with Crippen molar-refractivity contribution in [1.82, 2.24) is 0 Å². The van der Waals surface area contributed by atoms with E-state index in [9.17, 15) is 0 Å². The number of benzene rings is 2. The van der Waals surface area contributed by atoms with Crippen molar-refractivity contribution < 1.29 is 24.7 Å². The lowest BCUT2D eigenvalue weighted by Crippen LogP contribution is -2.71. The minimum Gasteiger partial charge on any atom is -0.442 e. The van der Waals surface area contributed by atoms with Gasteiger partial charge >= 0.3 is 25.7 Å². The average Bonchev–Trinajstić information content (AvgIpc) is 2.87. The Balaban J connectivity index is 0.000000557. The lowest BCUT2D eigenvalue weighted by Gasteiger charge is -2.43. The molecular formula is C29H58O6Si8. The van der Waals surface area contributed by atoms with Gasteiger partial charge in [0.25, 0.3) is 9.28 Å². The van der Waals surface area contributed by atoms with Crippen LogP contribution in [0.15, 0.2) is 85.2 Å². The van der Waals surface area contributed by atoms with Gasteiger partial charge in [0.2, 0.25) is 8.32 Å². The van der Waals surface area contributed by atoms with E-state index >= 15 is 0 Å². The van der Waals surface area contributed by atoms with Gasteiger partial charge in [-0.05, 0) is 95.5 Å². The smallest absolute Gasteiger partial charge is 0.388 e. The normalized spacial score (nSPS) is 13.8. The average molecular weight is 727 g/mol. The summed E-state index contributed by atoms with van der Waals surface area (Å²) in [4.78, 5) is 0. The molecule has 0 aliphatic rings. The van der Waals surface area contributed by atoms with Crippen molar-refractivity contribution in [2.75, 3.05) is 0 Å². The van der Waals surface area contributed by atoms with Crippen molar-refractivity contribution in [1.29, 1.82) is 0 Å². The van der Waals surface area contributed by atoms with Crippen molar-refractivity contribution in [3.05, 3.63) is 85.2 Å². The Labute approximate surface area is 273 Å². The largest absolute Gasteiger partial charge is 0.442 e. The Kier molecular flexibility index (Phi) is 16.3. The predicted molar refractivity (Wildman–Crippen MR) is 206 cm³/mol. The molecule has 0 fully saturated rings. The highest BCUT2D eigenvalue weighted by molar-refractivity contribution is 7.03. The molecule has 43 heavy (non-hydrogen) atoms. The quantitative estimate of drug-likeness (QED) is 0.187. The maximum Gasteiger partial charge on any atom is 0.388 e. The van der Waals surface area contributed by atoms with Gasteiger partial charge in [-0.25, -0.2) is 0 Å². The fourth-order valence-corrected chi connectivity index (χ4v) is 32.9. The Morgan fingerprint density at radius 3 is 1.33 bits per heavy atom. The molecular weight excluding hydrogens is 669 g/mol. The standard InChI is InChI=1S/C22H34O3Si4.C7H24O3Si4/c1-9-26(3,4)23-28(7,8)25-29(24-27(5,6)10-2,21-17-13-11-14-18-21)22-19-15-12-16-20-22;1-11(2)8-13(5)10-14(6,7)9-12(3)4/h9-20H,1-2H2,3-8H3;11-13H,1-7H3. The molecule has 0 spiro atoms. The molecule has 0 aliphatic heterocycles. The summed E-state index contributed by atoms with van der Waals surface area (Å²) in [5.41, 5.74) is 3.94. The van der Waals surface area contributed by atoms with Crippen LogP contribution in [0.2, 0.25) is 85.1 Å². The van der Waals surface area contributed by atoms with Gasteiger partial charge < -0.3 is 24.7 Å². The predicted octanol–water partition coefficient (Wildman–Crippen LogP) is 6.41. The van der Waals surface area contributed by atoms with Crippen molar-refractivity contribution in [2.45, 2.75) is 85.1 Å². The first kappa shape index (κ1) is 40.4. The van der Waals surface area contributed by atoms with Gasteiger partial charge in [-0.15, -0.1) is 13.2 Å². The fourth-order valence-electron chi connectivity index (χ4n) is 4.60. The second-order valence-electron chi connectivity index (χ2n) is 13.1. The maximum absolute atomic E-state index is 7.08. The molecule has 0 amide bonds. The molecule has 0 radical (unpaired) electrons. The topological polar surface area (TPSA) is 55.4 Å². The van der Waals surface area contributed by atoms with Crippen LogP contribution in [0, 0.1) is 0 Å². The van der Waals surface area contributed by atoms with E-state index in [-0.39, 0.29) is 0 Å². The summed E-state index contributed by atoms with van der Waals surface area (Å²) >= 11 is 0. The zero-order chi connectivity index (χ0) is 33.1. The van der Waals surface area contributed by atoms with E-state index in [0.717, 1.165) is 10.4 Å². The Morgan fingerprint density at radius 2 is 0.953 bits per heavy atom. The van der Waals surface area contributed by atoms with E-state index in [1.165, 1.54) is 0 Å². The first-order valence-corrected chi connectivity index (χ1v) is 36.3. The van der Waals surface area contributed by atoms with Crippen LogP contribution in [0.1, 0.15) is 0 Å². The van der Waals surface area contributed by atoms with Crippen LogP contribution in [-0.4, -0.2) is 69.7 Å². The number of hydrogen-bond acceptors (Lipinski definition) is 6. The van der Waals surface area contributed by atoms with E-state index in [0.29, 0.717) is 0 Å². The first-order chi connectivity index (χ1) is 19.7. The molecule has 0 N–H and O–H groups in total. The molecule has 1 unspecified atom stereocenters. The molecule has 242 valence electrons. The Morgan fingerprint density at radius 1 is 0.535 bits per heavy atom. The van der Waals surface area contributed by atoms with Gasteiger partial charge in [-0.2, -0.15) is 0 Å². The van der Waals surface area contributed by atoms with E-state index in [1.807, 2.05) is 47.8 Å². The van der Waals surface area contributed by atoms with Crippen molar-refractivity contribution >= 4 is 80.1 Å². The van der Waals surface area contributed by atoms with Crippen molar-refractivity contribution in [3.8, 4) is 0 Å². The highest BCUT2D eigenvalue weighted by Crippen LogP contribution is 2.25. The van der Waals surface area contributed by atoms with Crippen molar-refractivity contribution in [2.24, 2.45) is 0 Å². The second-order valence-corrected chi connectivity index (χ2v) is 39.1. The summed E-state index contributed by atoms with van der Waals surface area (Å²) in [5.74, 6) is 0. The van der Waals surface area contributed by atoms with Crippen LogP contribution in [0.5, 0.6) is 0 Å². The monoisotopic (exact) mass is 726 g/mol. The van der Waals surface area contributed by atoms with E-state index in [1.54, 1.807) is 0 Å². The number of rotatable bonds is 16. The molecule has 0 aromatic heterocycles. The Hall–Kier alpha value is -0.585. The maximum atomic E-state index is 7.08. The molecule has 0 aliphatic carbocycles. The third-order valence-corrected chi connectivity index (χ3v) is 32.1. The first-order valence-electron chi connectivity index (χ1n) is 15.2. The Bertz CT molecular complexity index is 1070. The number of hydrogen-bond donors (Lipinski definition) is 0. The van der Waals surface area contributed by atoms with Gasteiger partial charge in [0.05, 0.1) is 0 Å². The summed E-state index contributed by atoms with van der Waals surface area (Å²) in [7, 11) is -15.0. The lowest BCUT2D eigenvalue weighted by atomic mass is 10.4. The molecule has 6 nitrogen and oxygen atoms in total. The molecule has 1 atom stereocenters. The summed E-state index contributed by atoms with van der Waals surface area (Å²) in [6, 6.07) is 20.7. The van der Waals surface area contributed by atoms with Crippen LogP contribution in [0.4, 0.5) is 0 Å². The van der Waals surface area contributed by atoms with Gasteiger partial charge in [-0.1, -0.05) is 72.1 Å². The fraction of sp³-hybridized carbons (Fsp3) is 0.448. The van der Waals surface area contributed by atoms with E-state index < -0.39 is 69.7 Å². The van der Waals surface area contributed by atoms with Gasteiger partial charge in [0.15, 0.2) is 26.4 Å². The highest BCUT2D eigenvalue weighted by atomic mass is 28.5. The second kappa shape index (κ2) is 17.4.